The topological polar surface area (TPSA) is 123 Å². The second kappa shape index (κ2) is 10.3. The van der Waals surface area contributed by atoms with Gasteiger partial charge in [-0.3, -0.25) is 14.4 Å². The fourth-order valence-corrected chi connectivity index (χ4v) is 4.76. The maximum Gasteiger partial charge on any atom is 0.286 e. The van der Waals surface area contributed by atoms with E-state index in [0.29, 0.717) is 42.1 Å². The lowest BCUT2D eigenvalue weighted by molar-refractivity contribution is -0.126. The average Bonchev–Trinajstić information content (AvgIpc) is 3.57. The van der Waals surface area contributed by atoms with E-state index in [-0.39, 0.29) is 47.5 Å². The number of benzene rings is 2. The zero-order chi connectivity index (χ0) is 25.1. The normalized spacial score (nSPS) is 16.5. The van der Waals surface area contributed by atoms with Crippen LogP contribution in [-0.2, 0) is 11.3 Å². The number of fused-ring (bicyclic) bond motifs is 1. The number of hydrogen-bond acceptors (Lipinski definition) is 8. The van der Waals surface area contributed by atoms with Gasteiger partial charge in [-0.1, -0.05) is 23.5 Å². The summed E-state index contributed by atoms with van der Waals surface area (Å²) < 4.78 is 23.9. The van der Waals surface area contributed by atoms with Gasteiger partial charge in [0.2, 0.25) is 22.7 Å². The fraction of sp³-hybridized carbons (Fsp3) is 0.292. The van der Waals surface area contributed by atoms with Crippen molar-refractivity contribution >= 4 is 34.7 Å². The molecule has 2 aliphatic heterocycles. The van der Waals surface area contributed by atoms with Gasteiger partial charge < -0.3 is 25.0 Å². The number of piperidine rings is 1. The Bertz CT molecular complexity index is 1320. The molecule has 1 unspecified atom stereocenters. The number of rotatable bonds is 6. The Labute approximate surface area is 209 Å². The second-order valence-corrected chi connectivity index (χ2v) is 9.35. The summed E-state index contributed by atoms with van der Waals surface area (Å²) in [5, 5.41) is 13.4. The van der Waals surface area contributed by atoms with Crippen LogP contribution < -0.4 is 20.1 Å². The van der Waals surface area contributed by atoms with E-state index in [1.54, 1.807) is 35.2 Å². The average molecular weight is 512 g/mol. The molecule has 0 bridgehead atoms. The standard InChI is InChI=1S/C24H22FN5O5S/c25-16-5-1-3-14(9-16)11-26-20(31)15-4-2-8-30(12-15)24(33)23-29-28-22(36-23)21(32)27-17-6-7-18-19(10-17)35-13-34-18/h1,3,5-7,9-10,15H,2,4,8,11-13H2,(H,26,31)(H,27,32). The summed E-state index contributed by atoms with van der Waals surface area (Å²) >= 11 is 0.888. The van der Waals surface area contributed by atoms with E-state index in [1.165, 1.54) is 12.1 Å². The minimum atomic E-state index is -0.501. The van der Waals surface area contributed by atoms with Crippen LogP contribution >= 0.6 is 11.3 Å². The Morgan fingerprint density at radius 2 is 1.92 bits per heavy atom. The van der Waals surface area contributed by atoms with Crippen LogP contribution in [0.3, 0.4) is 0 Å². The van der Waals surface area contributed by atoms with Gasteiger partial charge in [0.05, 0.1) is 5.92 Å². The summed E-state index contributed by atoms with van der Waals surface area (Å²) in [6.07, 6.45) is 1.29. The van der Waals surface area contributed by atoms with Crippen LogP contribution in [0.15, 0.2) is 42.5 Å². The van der Waals surface area contributed by atoms with Crippen LogP contribution in [0.2, 0.25) is 0 Å². The first-order valence-electron chi connectivity index (χ1n) is 11.3. The van der Waals surface area contributed by atoms with E-state index in [9.17, 15) is 18.8 Å². The molecule has 1 fully saturated rings. The fourth-order valence-electron chi connectivity index (χ4n) is 4.05. The summed E-state index contributed by atoms with van der Waals surface area (Å²) in [7, 11) is 0. The molecule has 2 aliphatic rings. The van der Waals surface area contributed by atoms with Crippen LogP contribution in [-0.4, -0.2) is 52.7 Å². The van der Waals surface area contributed by atoms with Gasteiger partial charge in [0, 0.05) is 31.4 Å². The van der Waals surface area contributed by atoms with Crippen LogP contribution in [0.25, 0.3) is 0 Å². The molecule has 3 amide bonds. The van der Waals surface area contributed by atoms with Gasteiger partial charge in [0.15, 0.2) is 11.5 Å². The lowest BCUT2D eigenvalue weighted by atomic mass is 9.97. The van der Waals surface area contributed by atoms with Crippen molar-refractivity contribution in [3.8, 4) is 11.5 Å². The van der Waals surface area contributed by atoms with Crippen LogP contribution in [0.5, 0.6) is 11.5 Å². The van der Waals surface area contributed by atoms with Crippen molar-refractivity contribution in [1.29, 1.82) is 0 Å². The summed E-state index contributed by atoms with van der Waals surface area (Å²) in [5.41, 5.74) is 1.16. The minimum Gasteiger partial charge on any atom is -0.454 e. The lowest BCUT2D eigenvalue weighted by Gasteiger charge is -2.31. The summed E-state index contributed by atoms with van der Waals surface area (Å²) in [6, 6.07) is 11.0. The van der Waals surface area contributed by atoms with Crippen molar-refractivity contribution in [3.63, 3.8) is 0 Å². The number of ether oxygens (including phenoxy) is 2. The molecule has 3 heterocycles. The van der Waals surface area contributed by atoms with Gasteiger partial charge in [0.1, 0.15) is 5.82 Å². The van der Waals surface area contributed by atoms with Gasteiger partial charge >= 0.3 is 0 Å². The number of nitrogens with zero attached hydrogens (tertiary/aromatic N) is 3. The number of nitrogens with one attached hydrogen (secondary N) is 2. The van der Waals surface area contributed by atoms with E-state index in [1.807, 2.05) is 0 Å². The third-order valence-corrected chi connectivity index (χ3v) is 6.78. The number of carbonyl (C=O) groups is 3. The van der Waals surface area contributed by atoms with Crippen LogP contribution in [0, 0.1) is 11.7 Å². The monoisotopic (exact) mass is 511 g/mol. The Balaban J connectivity index is 1.17. The molecule has 186 valence electrons. The Morgan fingerprint density at radius 3 is 2.78 bits per heavy atom. The van der Waals surface area contributed by atoms with E-state index < -0.39 is 11.8 Å². The first kappa shape index (κ1) is 23.7. The molecular formula is C24H22FN5O5S. The minimum absolute atomic E-state index is 0.0393. The molecule has 36 heavy (non-hydrogen) atoms. The molecule has 10 nitrogen and oxygen atoms in total. The van der Waals surface area contributed by atoms with Crippen LogP contribution in [0.1, 0.15) is 38.0 Å². The summed E-state index contributed by atoms with van der Waals surface area (Å²) in [5.74, 6) is -0.705. The largest absolute Gasteiger partial charge is 0.454 e. The number of aromatic nitrogens is 2. The molecule has 0 radical (unpaired) electrons. The van der Waals surface area contributed by atoms with E-state index in [0.717, 1.165) is 11.3 Å². The van der Waals surface area contributed by atoms with Crippen molar-refractivity contribution in [1.82, 2.24) is 20.4 Å². The molecule has 3 aromatic rings. The number of amides is 3. The maximum atomic E-state index is 13.4. The third kappa shape index (κ3) is 5.28. The maximum absolute atomic E-state index is 13.4. The van der Waals surface area contributed by atoms with Gasteiger partial charge in [-0.15, -0.1) is 10.2 Å². The lowest BCUT2D eigenvalue weighted by Crippen LogP contribution is -2.45. The number of likely N-dealkylation sites (tertiary alicyclic amines) is 1. The van der Waals surface area contributed by atoms with Crippen molar-refractivity contribution in [3.05, 3.63) is 63.9 Å². The van der Waals surface area contributed by atoms with Crippen molar-refractivity contribution < 1.29 is 28.2 Å². The van der Waals surface area contributed by atoms with Gasteiger partial charge in [-0.2, -0.15) is 0 Å². The first-order valence-corrected chi connectivity index (χ1v) is 12.1. The van der Waals surface area contributed by atoms with Gasteiger partial charge in [-0.25, -0.2) is 4.39 Å². The predicted molar refractivity (Wildman–Crippen MR) is 127 cm³/mol. The quantitative estimate of drug-likeness (QED) is 0.522. The molecular weight excluding hydrogens is 489 g/mol. The Morgan fingerprint density at radius 1 is 1.08 bits per heavy atom. The second-order valence-electron chi connectivity index (χ2n) is 8.37. The zero-order valence-electron chi connectivity index (χ0n) is 19.0. The molecule has 1 atom stereocenters. The third-order valence-electron chi connectivity index (χ3n) is 5.87. The molecule has 0 saturated carbocycles. The van der Waals surface area contributed by atoms with Crippen molar-refractivity contribution in [2.45, 2.75) is 19.4 Å². The number of carbonyl (C=O) groups excluding carboxylic acids is 3. The van der Waals surface area contributed by atoms with E-state index in [2.05, 4.69) is 20.8 Å². The first-order chi connectivity index (χ1) is 17.5. The van der Waals surface area contributed by atoms with E-state index >= 15 is 0 Å². The summed E-state index contributed by atoms with van der Waals surface area (Å²) in [6.45, 7) is 1.04. The Hall–Kier alpha value is -4.06. The van der Waals surface area contributed by atoms with Crippen molar-refractivity contribution in [2.24, 2.45) is 5.92 Å². The van der Waals surface area contributed by atoms with Crippen LogP contribution in [0.4, 0.5) is 10.1 Å². The molecule has 1 saturated heterocycles. The van der Waals surface area contributed by atoms with Crippen molar-refractivity contribution in [2.75, 3.05) is 25.2 Å². The highest BCUT2D eigenvalue weighted by Gasteiger charge is 2.31. The summed E-state index contributed by atoms with van der Waals surface area (Å²) in [4.78, 5) is 39.8. The highest BCUT2D eigenvalue weighted by atomic mass is 32.1. The van der Waals surface area contributed by atoms with Gasteiger partial charge in [-0.05, 0) is 42.7 Å². The predicted octanol–water partition coefficient (Wildman–Crippen LogP) is 2.83. The highest BCUT2D eigenvalue weighted by Crippen LogP contribution is 2.34. The number of anilines is 1. The zero-order valence-corrected chi connectivity index (χ0v) is 19.8. The number of halogens is 1. The molecule has 2 aromatic carbocycles. The molecule has 5 rings (SSSR count). The number of hydrogen-bond donors (Lipinski definition) is 2. The Kier molecular flexibility index (Phi) is 6.76. The molecule has 1 aromatic heterocycles. The smallest absolute Gasteiger partial charge is 0.286 e. The van der Waals surface area contributed by atoms with Gasteiger partial charge in [0.25, 0.3) is 11.8 Å². The molecule has 0 spiro atoms. The molecule has 2 N–H and O–H groups in total. The molecule has 12 heteroatoms. The van der Waals surface area contributed by atoms with E-state index in [4.69, 9.17) is 9.47 Å². The molecule has 0 aliphatic carbocycles. The SMILES string of the molecule is O=C(Nc1ccc2c(c1)OCO2)c1nnc(C(=O)N2CCCC(C(=O)NCc3cccc(F)c3)C2)s1. The highest BCUT2D eigenvalue weighted by molar-refractivity contribution is 7.15.